The first kappa shape index (κ1) is 23.1. The maximum absolute atomic E-state index is 13.0. The molecule has 1 saturated heterocycles. The molecule has 2 N–H and O–H groups in total. The van der Waals surface area contributed by atoms with E-state index >= 15 is 0 Å². The highest BCUT2D eigenvalue weighted by Crippen LogP contribution is 2.37. The summed E-state index contributed by atoms with van der Waals surface area (Å²) in [4.78, 5) is 15.5. The molecule has 0 radical (unpaired) electrons. The van der Waals surface area contributed by atoms with E-state index in [-0.39, 0.29) is 22.6 Å². The average molecular weight is 465 g/mol. The Morgan fingerprint density at radius 3 is 2.48 bits per heavy atom. The summed E-state index contributed by atoms with van der Waals surface area (Å²) in [6, 6.07) is 23.2. The molecule has 3 aromatic carbocycles. The summed E-state index contributed by atoms with van der Waals surface area (Å²) < 4.78 is 5.29. The molecule has 1 aliphatic heterocycles. The van der Waals surface area contributed by atoms with Gasteiger partial charge >= 0.3 is 0 Å². The lowest BCUT2D eigenvalue weighted by Gasteiger charge is -2.42. The number of methoxy groups -OCH3 is 1. The first-order valence-electron chi connectivity index (χ1n) is 11.2. The molecule has 0 spiro atoms. The number of phenolic OH excluding ortho intramolecular Hbond substituents is 1. The highest BCUT2D eigenvalue weighted by atomic mass is 35.5. The van der Waals surface area contributed by atoms with Crippen LogP contribution in [0.2, 0.25) is 5.02 Å². The smallest absolute Gasteiger partial charge is 0.258 e. The van der Waals surface area contributed by atoms with E-state index in [9.17, 15) is 9.90 Å². The van der Waals surface area contributed by atoms with Crippen LogP contribution in [0.3, 0.4) is 0 Å². The molecule has 1 fully saturated rings. The largest absolute Gasteiger partial charge is 0.507 e. The van der Waals surface area contributed by atoms with Crippen molar-refractivity contribution in [2.45, 2.75) is 24.8 Å². The predicted octanol–water partition coefficient (Wildman–Crippen LogP) is 5.02. The topological polar surface area (TPSA) is 61.8 Å². The van der Waals surface area contributed by atoms with Crippen LogP contribution in [0.25, 0.3) is 0 Å². The zero-order valence-corrected chi connectivity index (χ0v) is 19.5. The number of ether oxygens (including phenoxy) is 1. The minimum atomic E-state index is -0.349. The normalized spacial score (nSPS) is 15.7. The summed E-state index contributed by atoms with van der Waals surface area (Å²) in [5.41, 5.74) is 2.33. The number of hydrogen-bond acceptors (Lipinski definition) is 4. The van der Waals surface area contributed by atoms with Gasteiger partial charge in [-0.2, -0.15) is 0 Å². The van der Waals surface area contributed by atoms with Gasteiger partial charge in [0, 0.05) is 23.5 Å². The first-order chi connectivity index (χ1) is 16.0. The Hall–Kier alpha value is -3.02. The fraction of sp³-hybridized carbons (Fsp3) is 0.296. The molecule has 1 heterocycles. The summed E-state index contributed by atoms with van der Waals surface area (Å²) in [6.07, 6.45) is 1.77. The predicted molar refractivity (Wildman–Crippen MR) is 131 cm³/mol. The molecule has 172 valence electrons. The Morgan fingerprint density at radius 1 is 1.06 bits per heavy atom. The third kappa shape index (κ3) is 5.32. The number of carbonyl (C=O) groups is 1. The van der Waals surface area contributed by atoms with Gasteiger partial charge in [-0.1, -0.05) is 60.1 Å². The maximum Gasteiger partial charge on any atom is 0.258 e. The highest BCUT2D eigenvalue weighted by molar-refractivity contribution is 6.30. The molecule has 6 heteroatoms. The van der Waals surface area contributed by atoms with Crippen molar-refractivity contribution >= 4 is 17.5 Å². The molecule has 0 unspecified atom stereocenters. The summed E-state index contributed by atoms with van der Waals surface area (Å²) in [5, 5.41) is 14.0. The van der Waals surface area contributed by atoms with Gasteiger partial charge < -0.3 is 15.2 Å². The molecule has 5 nitrogen and oxygen atoms in total. The fourth-order valence-corrected chi connectivity index (χ4v) is 4.81. The van der Waals surface area contributed by atoms with Crippen molar-refractivity contribution in [2.24, 2.45) is 0 Å². The Morgan fingerprint density at radius 2 is 1.79 bits per heavy atom. The van der Waals surface area contributed by atoms with Crippen LogP contribution in [-0.2, 0) is 12.0 Å². The number of nitrogens with zero attached hydrogens (tertiary/aromatic N) is 1. The minimum Gasteiger partial charge on any atom is -0.507 e. The lowest BCUT2D eigenvalue weighted by Crippen LogP contribution is -2.48. The second-order valence-electron chi connectivity index (χ2n) is 8.59. The SMILES string of the molecule is COc1cccc(O)c1C(=O)NCC1(c2cccc(Cl)c2)CCN(Cc2ccccc2)CC1. The molecule has 0 bridgehead atoms. The van der Waals surface area contributed by atoms with Crippen LogP contribution in [0, 0.1) is 0 Å². The van der Waals surface area contributed by atoms with E-state index in [0.29, 0.717) is 17.3 Å². The molecular weight excluding hydrogens is 436 g/mol. The lowest BCUT2D eigenvalue weighted by molar-refractivity contribution is 0.0913. The van der Waals surface area contributed by atoms with Gasteiger partial charge in [-0.05, 0) is 61.3 Å². The van der Waals surface area contributed by atoms with Gasteiger partial charge in [-0.3, -0.25) is 9.69 Å². The minimum absolute atomic E-state index is 0.0960. The van der Waals surface area contributed by atoms with E-state index in [2.05, 4.69) is 40.5 Å². The fourth-order valence-electron chi connectivity index (χ4n) is 4.62. The highest BCUT2D eigenvalue weighted by Gasteiger charge is 2.37. The van der Waals surface area contributed by atoms with Crippen LogP contribution < -0.4 is 10.1 Å². The van der Waals surface area contributed by atoms with Gasteiger partial charge in [0.05, 0.1) is 7.11 Å². The van der Waals surface area contributed by atoms with Gasteiger partial charge in [0.1, 0.15) is 17.1 Å². The summed E-state index contributed by atoms with van der Waals surface area (Å²) in [5.74, 6) is -0.0959. The number of carbonyl (C=O) groups excluding carboxylic acids is 1. The molecule has 0 aliphatic carbocycles. The molecule has 0 atom stereocenters. The van der Waals surface area contributed by atoms with Crippen LogP contribution in [0.1, 0.15) is 34.3 Å². The van der Waals surface area contributed by atoms with Gasteiger partial charge in [-0.15, -0.1) is 0 Å². The quantitative estimate of drug-likeness (QED) is 0.515. The average Bonchev–Trinajstić information content (AvgIpc) is 2.84. The van der Waals surface area contributed by atoms with E-state index in [4.69, 9.17) is 16.3 Å². The molecule has 0 saturated carbocycles. The maximum atomic E-state index is 13.0. The van der Waals surface area contributed by atoms with Crippen LogP contribution in [0.15, 0.2) is 72.8 Å². The molecule has 3 aromatic rings. The Bertz CT molecular complexity index is 1100. The number of nitrogens with one attached hydrogen (secondary N) is 1. The van der Waals surface area contributed by atoms with Crippen LogP contribution in [0.4, 0.5) is 0 Å². The van der Waals surface area contributed by atoms with Crippen molar-refractivity contribution < 1.29 is 14.6 Å². The third-order valence-corrected chi connectivity index (χ3v) is 6.77. The number of aromatic hydroxyl groups is 1. The monoisotopic (exact) mass is 464 g/mol. The van der Waals surface area contributed by atoms with Crippen molar-refractivity contribution in [1.82, 2.24) is 10.2 Å². The first-order valence-corrected chi connectivity index (χ1v) is 11.5. The van der Waals surface area contributed by atoms with Crippen LogP contribution >= 0.6 is 11.6 Å². The number of rotatable bonds is 7. The van der Waals surface area contributed by atoms with E-state index in [0.717, 1.165) is 38.0 Å². The Labute approximate surface area is 200 Å². The van der Waals surface area contributed by atoms with Gasteiger partial charge in [-0.25, -0.2) is 0 Å². The Balaban J connectivity index is 1.52. The van der Waals surface area contributed by atoms with E-state index < -0.39 is 0 Å². The van der Waals surface area contributed by atoms with E-state index in [1.807, 2.05) is 24.3 Å². The molecule has 33 heavy (non-hydrogen) atoms. The molecule has 0 aromatic heterocycles. The van der Waals surface area contributed by atoms with E-state index in [1.54, 1.807) is 12.1 Å². The van der Waals surface area contributed by atoms with Gasteiger partial charge in [0.15, 0.2) is 0 Å². The molecule has 4 rings (SSSR count). The number of piperidine rings is 1. The second kappa shape index (κ2) is 10.3. The van der Waals surface area contributed by atoms with Crippen molar-refractivity contribution in [3.8, 4) is 11.5 Å². The lowest BCUT2D eigenvalue weighted by atomic mass is 9.72. The number of phenols is 1. The van der Waals surface area contributed by atoms with Crippen LogP contribution in [-0.4, -0.2) is 42.7 Å². The van der Waals surface area contributed by atoms with Crippen molar-refractivity contribution in [3.63, 3.8) is 0 Å². The summed E-state index contributed by atoms with van der Waals surface area (Å²) in [7, 11) is 1.49. The zero-order chi connectivity index (χ0) is 23.3. The Kier molecular flexibility index (Phi) is 7.21. The number of amides is 1. The van der Waals surface area contributed by atoms with Gasteiger partial charge in [0.25, 0.3) is 5.91 Å². The number of hydrogen-bond donors (Lipinski definition) is 2. The summed E-state index contributed by atoms with van der Waals surface area (Å²) >= 11 is 6.33. The zero-order valence-electron chi connectivity index (χ0n) is 18.8. The second-order valence-corrected chi connectivity index (χ2v) is 9.03. The van der Waals surface area contributed by atoms with Crippen molar-refractivity contribution in [2.75, 3.05) is 26.7 Å². The molecule has 1 amide bonds. The van der Waals surface area contributed by atoms with Gasteiger partial charge in [0.2, 0.25) is 0 Å². The molecule has 1 aliphatic rings. The standard InChI is InChI=1S/C27H29ClN2O3/c1-33-24-12-6-11-23(31)25(24)26(32)29-19-27(21-9-5-10-22(28)17-21)13-15-30(16-14-27)18-20-7-3-2-4-8-20/h2-12,17,31H,13-16,18-19H2,1H3,(H,29,32). The summed E-state index contributed by atoms with van der Waals surface area (Å²) in [6.45, 7) is 3.19. The van der Waals surface area contributed by atoms with Crippen molar-refractivity contribution in [3.05, 3.63) is 94.5 Å². The van der Waals surface area contributed by atoms with Crippen molar-refractivity contribution in [1.29, 1.82) is 0 Å². The van der Waals surface area contributed by atoms with Crippen LogP contribution in [0.5, 0.6) is 11.5 Å². The third-order valence-electron chi connectivity index (χ3n) is 6.54. The number of halogens is 1. The molecular formula is C27H29ClN2O3. The number of benzene rings is 3. The number of likely N-dealkylation sites (tertiary alicyclic amines) is 1. The van der Waals surface area contributed by atoms with E-state index in [1.165, 1.54) is 18.7 Å².